The number of alkyl halides is 6. The van der Waals surface area contributed by atoms with Gasteiger partial charge in [-0.25, -0.2) is 9.97 Å². The van der Waals surface area contributed by atoms with Gasteiger partial charge in [0, 0.05) is 55.6 Å². The smallest absolute Gasteiger partial charge is 0.433 e. The zero-order valence-corrected chi connectivity index (χ0v) is 32.6. The summed E-state index contributed by atoms with van der Waals surface area (Å²) in [6.45, 7) is 5.28. The highest BCUT2D eigenvalue weighted by molar-refractivity contribution is 5.91. The Bertz CT molecular complexity index is 2420. The molecule has 0 saturated carbocycles. The van der Waals surface area contributed by atoms with E-state index in [1.165, 1.54) is 31.5 Å². The second-order valence-electron chi connectivity index (χ2n) is 15.2. The molecule has 0 unspecified atom stereocenters. The van der Waals surface area contributed by atoms with Crippen LogP contribution in [0.5, 0.6) is 5.75 Å². The van der Waals surface area contributed by atoms with Crippen molar-refractivity contribution in [1.82, 2.24) is 19.8 Å². The van der Waals surface area contributed by atoms with Crippen molar-refractivity contribution in [2.45, 2.75) is 58.2 Å². The van der Waals surface area contributed by atoms with Crippen LogP contribution < -0.4 is 10.1 Å². The zero-order chi connectivity index (χ0) is 42.2. The number of carboxylic acid groups (broad SMARTS) is 1. The van der Waals surface area contributed by atoms with Crippen LogP contribution in [0.3, 0.4) is 0 Å². The van der Waals surface area contributed by atoms with Crippen molar-refractivity contribution in [3.63, 3.8) is 0 Å². The molecule has 3 N–H and O–H groups in total. The van der Waals surface area contributed by atoms with E-state index >= 15 is 0 Å². The normalized spacial score (nSPS) is 18.0. The maximum Gasteiger partial charge on any atom is 0.433 e. The molecule has 5 aromatic rings. The number of nitrogens with one attached hydrogen (secondary N) is 1. The topological polar surface area (TPSA) is 111 Å². The summed E-state index contributed by atoms with van der Waals surface area (Å²) in [6.07, 6.45) is -4.57. The van der Waals surface area contributed by atoms with Crippen LogP contribution in [0.1, 0.15) is 57.5 Å². The number of carboxylic acids is 1. The van der Waals surface area contributed by atoms with Gasteiger partial charge in [-0.2, -0.15) is 26.3 Å². The Kier molecular flexibility index (Phi) is 11.7. The fourth-order valence-corrected chi connectivity index (χ4v) is 8.05. The molecule has 7 rings (SSSR count). The first-order valence-corrected chi connectivity index (χ1v) is 19.1. The van der Waals surface area contributed by atoms with Gasteiger partial charge in [0.05, 0.1) is 24.7 Å². The highest BCUT2D eigenvalue weighted by Gasteiger charge is 2.38. The largest absolute Gasteiger partial charge is 0.496 e. The summed E-state index contributed by atoms with van der Waals surface area (Å²) in [5.74, 6) is -1.11. The summed E-state index contributed by atoms with van der Waals surface area (Å²) >= 11 is 0. The van der Waals surface area contributed by atoms with Gasteiger partial charge < -0.3 is 20.3 Å². The molecule has 2 saturated heterocycles. The first-order chi connectivity index (χ1) is 28.0. The Balaban J connectivity index is 1.18. The molecular weight excluding hydrogens is 777 g/mol. The van der Waals surface area contributed by atoms with Gasteiger partial charge in [-0.15, -0.1) is 0 Å². The number of aliphatic carboxylic acids is 1. The number of benzene rings is 3. The summed E-state index contributed by atoms with van der Waals surface area (Å²) in [5, 5.41) is 23.0. The lowest BCUT2D eigenvalue weighted by atomic mass is 9.92. The third kappa shape index (κ3) is 9.07. The number of rotatable bonds is 11. The number of pyridine rings is 2. The average molecular weight is 820 g/mol. The average Bonchev–Trinajstić information content (AvgIpc) is 3.83. The summed E-state index contributed by atoms with van der Waals surface area (Å²) in [4.78, 5) is 23.5. The van der Waals surface area contributed by atoms with Crippen LogP contribution in [-0.2, 0) is 30.2 Å². The number of β-amino-alcohol motifs (C(OH)–C–C–N with tert-alkyl or cyclic N) is 1. The number of hydrogen-bond donors (Lipinski definition) is 3. The molecule has 0 bridgehead atoms. The van der Waals surface area contributed by atoms with Crippen LogP contribution in [0.15, 0.2) is 66.9 Å². The molecule has 3 aromatic carbocycles. The Morgan fingerprint density at radius 1 is 0.864 bits per heavy atom. The van der Waals surface area contributed by atoms with E-state index in [0.717, 1.165) is 28.3 Å². The van der Waals surface area contributed by atoms with Crippen molar-refractivity contribution >= 4 is 40.5 Å². The van der Waals surface area contributed by atoms with Crippen molar-refractivity contribution < 1.29 is 46.1 Å². The van der Waals surface area contributed by atoms with Crippen molar-refractivity contribution in [3.8, 4) is 16.9 Å². The predicted octanol–water partition coefficient (Wildman–Crippen LogP) is 9.35. The number of hydrogen-bond acceptors (Lipinski definition) is 8. The quantitative estimate of drug-likeness (QED) is 0.0887. The number of aliphatic hydroxyl groups is 1. The van der Waals surface area contributed by atoms with E-state index in [1.807, 2.05) is 30.9 Å². The lowest BCUT2D eigenvalue weighted by Crippen LogP contribution is -2.24. The van der Waals surface area contributed by atoms with E-state index in [4.69, 9.17) is 4.74 Å². The third-order valence-corrected chi connectivity index (χ3v) is 11.2. The van der Waals surface area contributed by atoms with Gasteiger partial charge in [0.1, 0.15) is 17.0 Å². The number of ether oxygens (including phenoxy) is 1. The Morgan fingerprint density at radius 2 is 1.54 bits per heavy atom. The minimum Gasteiger partial charge on any atom is -0.496 e. The van der Waals surface area contributed by atoms with Crippen molar-refractivity contribution in [2.24, 2.45) is 5.92 Å². The number of likely N-dealkylation sites (tertiary alicyclic amines) is 2. The van der Waals surface area contributed by atoms with Gasteiger partial charge in [0.25, 0.3) is 0 Å². The van der Waals surface area contributed by atoms with Crippen LogP contribution in [0, 0.1) is 19.8 Å². The maximum atomic E-state index is 14.5. The number of carbonyl (C=O) groups is 1. The second kappa shape index (κ2) is 16.6. The van der Waals surface area contributed by atoms with Gasteiger partial charge >= 0.3 is 18.3 Å². The van der Waals surface area contributed by atoms with Gasteiger partial charge in [0.15, 0.2) is 5.82 Å². The number of aliphatic hydroxyl groups excluding tert-OH is 1. The van der Waals surface area contributed by atoms with Gasteiger partial charge in [-0.3, -0.25) is 14.6 Å². The molecule has 2 aliphatic heterocycles. The molecule has 2 aliphatic rings. The Morgan fingerprint density at radius 3 is 2.20 bits per heavy atom. The number of nitrogens with zero attached hydrogens (tertiary/aromatic N) is 4. The monoisotopic (exact) mass is 819 g/mol. The SMILES string of the molecule is COc1cc(/C=C/c2cccc(-c3cccc(Nc4nccc5cc(CN6CC[C@@H](O)C6)c(C(F)(F)F)nc45)c3C)c2C)c(C(F)(F)F)cc1CN1CC[C@@H](C(=O)O)C1. The Hall–Kier alpha value is -5.51. The first-order valence-electron chi connectivity index (χ1n) is 19.1. The number of fused-ring (bicyclic) bond motifs is 1. The van der Waals surface area contributed by atoms with Crippen LogP contribution in [0.4, 0.5) is 37.8 Å². The minimum absolute atomic E-state index is 0.00456. The molecular formula is C44H43F6N5O4. The van der Waals surface area contributed by atoms with Gasteiger partial charge in [-0.05, 0) is 103 Å². The predicted molar refractivity (Wildman–Crippen MR) is 213 cm³/mol. The summed E-state index contributed by atoms with van der Waals surface area (Å²) in [5.41, 5.74) is 2.76. The Labute approximate surface area is 337 Å². The summed E-state index contributed by atoms with van der Waals surface area (Å²) in [7, 11) is 1.38. The van der Waals surface area contributed by atoms with Crippen LogP contribution >= 0.6 is 0 Å². The zero-order valence-electron chi connectivity index (χ0n) is 32.6. The molecule has 0 amide bonds. The maximum absolute atomic E-state index is 14.5. The molecule has 0 aliphatic carbocycles. The molecule has 2 aromatic heterocycles. The summed E-state index contributed by atoms with van der Waals surface area (Å²) in [6, 6.07) is 16.4. The lowest BCUT2D eigenvalue weighted by Gasteiger charge is -2.20. The number of aromatic nitrogens is 2. The fraction of sp³-hybridized carbons (Fsp3) is 0.341. The van der Waals surface area contributed by atoms with Crippen LogP contribution in [0.25, 0.3) is 34.2 Å². The van der Waals surface area contributed by atoms with Crippen molar-refractivity contribution in [3.05, 3.63) is 111 Å². The van der Waals surface area contributed by atoms with Gasteiger partial charge in [-0.1, -0.05) is 42.5 Å². The van der Waals surface area contributed by atoms with Gasteiger partial charge in [0.2, 0.25) is 0 Å². The summed E-state index contributed by atoms with van der Waals surface area (Å²) < 4.78 is 92.2. The molecule has 2 fully saturated rings. The van der Waals surface area contributed by atoms with Crippen molar-refractivity contribution in [2.75, 3.05) is 38.6 Å². The van der Waals surface area contributed by atoms with E-state index < -0.39 is 41.6 Å². The van der Waals surface area contributed by atoms with E-state index in [-0.39, 0.29) is 54.4 Å². The highest BCUT2D eigenvalue weighted by atomic mass is 19.4. The molecule has 2 atom stereocenters. The molecule has 9 nitrogen and oxygen atoms in total. The highest BCUT2D eigenvalue weighted by Crippen LogP contribution is 2.40. The first kappa shape index (κ1) is 41.6. The van der Waals surface area contributed by atoms with E-state index in [0.29, 0.717) is 48.1 Å². The van der Waals surface area contributed by atoms with E-state index in [2.05, 4.69) is 15.3 Å². The van der Waals surface area contributed by atoms with Crippen molar-refractivity contribution in [1.29, 1.82) is 0 Å². The van der Waals surface area contributed by atoms with E-state index in [1.54, 1.807) is 41.3 Å². The minimum atomic E-state index is -4.73. The lowest BCUT2D eigenvalue weighted by molar-refractivity contribution is -0.142. The second-order valence-corrected chi connectivity index (χ2v) is 15.2. The molecule has 59 heavy (non-hydrogen) atoms. The number of anilines is 2. The molecule has 0 spiro atoms. The molecule has 15 heteroatoms. The standard InChI is InChI=1S/C44H43F6N5O4/c1-25-27(10-11-28-20-38(59-3)31(19-36(28)43(45,46)47)22-54-16-13-30(21-54)42(57)58)6-4-7-34(25)35-8-5-9-37(26(35)2)52-41-39-29(12-15-51-41)18-32(40(53-39)44(48,49)50)23-55-17-14-33(56)24-55/h4-12,15,18-20,30,33,56H,13-14,16-17,21-24H2,1-3H3,(H,51,52)(H,57,58)/b11-10+/t30-,33-/m1/s1. The molecule has 0 radical (unpaired) electrons. The number of halogens is 6. The molecule has 4 heterocycles. The molecule has 310 valence electrons. The van der Waals surface area contributed by atoms with Crippen LogP contribution in [-0.4, -0.2) is 75.3 Å². The van der Waals surface area contributed by atoms with E-state index in [9.17, 15) is 41.4 Å². The third-order valence-electron chi connectivity index (χ3n) is 11.2. The number of methoxy groups -OCH3 is 1. The van der Waals surface area contributed by atoms with Crippen LogP contribution in [0.2, 0.25) is 0 Å². The fourth-order valence-electron chi connectivity index (χ4n) is 8.05.